The maximum atomic E-state index is 13.1. The van der Waals surface area contributed by atoms with Crippen molar-refractivity contribution in [3.63, 3.8) is 0 Å². The molecule has 184 valence electrons. The highest BCUT2D eigenvalue weighted by Crippen LogP contribution is 2.45. The number of rotatable bonds is 7. The average Bonchev–Trinajstić information content (AvgIpc) is 3.21. The molecule has 8 nitrogen and oxygen atoms in total. The van der Waals surface area contributed by atoms with Gasteiger partial charge >= 0.3 is 5.97 Å². The van der Waals surface area contributed by atoms with Gasteiger partial charge in [-0.3, -0.25) is 10.1 Å². The van der Waals surface area contributed by atoms with Gasteiger partial charge < -0.3 is 28.4 Å². The van der Waals surface area contributed by atoms with Crippen LogP contribution < -0.4 is 5.32 Å². The van der Waals surface area contributed by atoms with Gasteiger partial charge in [-0.15, -0.1) is 0 Å². The zero-order valence-electron chi connectivity index (χ0n) is 20.6. The highest BCUT2D eigenvalue weighted by atomic mass is 16.9. The van der Waals surface area contributed by atoms with Crippen molar-refractivity contribution < 1.29 is 33.2 Å². The second kappa shape index (κ2) is 9.24. The van der Waals surface area contributed by atoms with Gasteiger partial charge in [0.05, 0.1) is 12.2 Å². The monoisotopic (exact) mass is 463 g/mol. The van der Waals surface area contributed by atoms with E-state index in [-0.39, 0.29) is 24.2 Å². The van der Waals surface area contributed by atoms with E-state index in [1.165, 1.54) is 0 Å². The molecule has 1 N–H and O–H groups in total. The minimum atomic E-state index is -0.791. The summed E-state index contributed by atoms with van der Waals surface area (Å²) >= 11 is 0. The molecule has 0 radical (unpaired) electrons. The first-order valence-corrected chi connectivity index (χ1v) is 11.8. The molecule has 1 aromatic carbocycles. The summed E-state index contributed by atoms with van der Waals surface area (Å²) < 4.78 is 36.4. The zero-order chi connectivity index (χ0) is 24.0. The smallest absolute Gasteiger partial charge is 0.323 e. The zero-order valence-corrected chi connectivity index (χ0v) is 20.6. The Hall–Kier alpha value is -1.55. The molecule has 7 atom stereocenters. The van der Waals surface area contributed by atoms with Crippen molar-refractivity contribution >= 4 is 5.97 Å². The molecule has 0 aromatic heterocycles. The molecule has 3 fully saturated rings. The Morgan fingerprint density at radius 3 is 2.21 bits per heavy atom. The minimum Gasteiger partial charge on any atom is -0.462 e. The first-order chi connectivity index (χ1) is 15.4. The van der Waals surface area contributed by atoms with Crippen molar-refractivity contribution in [3.05, 3.63) is 35.9 Å². The Labute approximate surface area is 196 Å². The Kier molecular flexibility index (Phi) is 6.88. The van der Waals surface area contributed by atoms with Crippen LogP contribution >= 0.6 is 0 Å². The van der Waals surface area contributed by atoms with Crippen molar-refractivity contribution in [3.8, 4) is 0 Å². The van der Waals surface area contributed by atoms with Crippen molar-refractivity contribution in [1.82, 2.24) is 5.32 Å². The third-order valence-corrected chi connectivity index (χ3v) is 6.11. The molecule has 3 heterocycles. The van der Waals surface area contributed by atoms with E-state index in [4.69, 9.17) is 28.4 Å². The van der Waals surface area contributed by atoms with E-state index in [9.17, 15) is 4.79 Å². The fourth-order valence-electron chi connectivity index (χ4n) is 4.80. The van der Waals surface area contributed by atoms with Crippen LogP contribution in [-0.4, -0.2) is 60.4 Å². The van der Waals surface area contributed by atoms with Crippen LogP contribution in [0, 0.1) is 0 Å². The first kappa shape index (κ1) is 24.6. The van der Waals surface area contributed by atoms with Gasteiger partial charge in [0.1, 0.15) is 24.4 Å². The van der Waals surface area contributed by atoms with Crippen LogP contribution in [0.2, 0.25) is 0 Å². The molecular formula is C25H37NO7. The van der Waals surface area contributed by atoms with Crippen LogP contribution in [0.25, 0.3) is 0 Å². The molecule has 1 aromatic rings. The summed E-state index contributed by atoms with van der Waals surface area (Å²) in [6, 6.07) is 9.32. The van der Waals surface area contributed by atoms with Gasteiger partial charge in [-0.05, 0) is 54.0 Å². The third kappa shape index (κ3) is 5.58. The van der Waals surface area contributed by atoms with E-state index in [0.717, 1.165) is 5.56 Å². The van der Waals surface area contributed by atoms with Gasteiger partial charge in [-0.25, -0.2) is 0 Å². The van der Waals surface area contributed by atoms with Crippen molar-refractivity contribution in [1.29, 1.82) is 0 Å². The molecule has 0 aliphatic carbocycles. The minimum absolute atomic E-state index is 0.0646. The first-order valence-electron chi connectivity index (χ1n) is 11.8. The lowest BCUT2D eigenvalue weighted by Gasteiger charge is -2.38. The average molecular weight is 464 g/mol. The summed E-state index contributed by atoms with van der Waals surface area (Å²) in [5.41, 5.74) is 1.08. The quantitative estimate of drug-likeness (QED) is 0.616. The Morgan fingerprint density at radius 2 is 1.55 bits per heavy atom. The summed E-state index contributed by atoms with van der Waals surface area (Å²) in [7, 11) is 0. The van der Waals surface area contributed by atoms with E-state index < -0.39 is 42.2 Å². The van der Waals surface area contributed by atoms with Crippen molar-refractivity contribution in [2.45, 2.75) is 115 Å². The predicted octanol–water partition coefficient (Wildman–Crippen LogP) is 3.44. The molecule has 0 bridgehead atoms. The second-order valence-corrected chi connectivity index (χ2v) is 10.3. The summed E-state index contributed by atoms with van der Waals surface area (Å²) in [5.74, 6) is -1.90. The van der Waals surface area contributed by atoms with Crippen molar-refractivity contribution in [2.75, 3.05) is 0 Å². The number of benzene rings is 1. The summed E-state index contributed by atoms with van der Waals surface area (Å²) in [6.45, 7) is 13.2. The predicted molar refractivity (Wildman–Crippen MR) is 120 cm³/mol. The topological polar surface area (TPSA) is 84.5 Å². The highest BCUT2D eigenvalue weighted by molar-refractivity contribution is 5.76. The molecule has 0 amide bonds. The maximum Gasteiger partial charge on any atom is 0.323 e. The lowest BCUT2D eigenvalue weighted by atomic mass is 9.93. The van der Waals surface area contributed by atoms with Crippen molar-refractivity contribution in [2.24, 2.45) is 0 Å². The van der Waals surface area contributed by atoms with E-state index in [1.807, 2.05) is 78.8 Å². The molecule has 3 aliphatic rings. The third-order valence-electron chi connectivity index (χ3n) is 6.11. The number of carbonyl (C=O) groups excluding carboxylic acids is 1. The molecule has 3 aliphatic heterocycles. The van der Waals surface area contributed by atoms with E-state index >= 15 is 0 Å². The van der Waals surface area contributed by atoms with Crippen LogP contribution in [0.1, 0.15) is 66.5 Å². The van der Waals surface area contributed by atoms with E-state index in [2.05, 4.69) is 5.32 Å². The fraction of sp³-hybridized carbons (Fsp3) is 0.720. The molecule has 3 saturated heterocycles. The molecule has 8 heteroatoms. The Morgan fingerprint density at radius 1 is 0.939 bits per heavy atom. The molecule has 4 rings (SSSR count). The Bertz CT molecular complexity index is 827. The molecule has 1 unspecified atom stereocenters. The molecular weight excluding hydrogens is 426 g/mol. The lowest BCUT2D eigenvalue weighted by molar-refractivity contribution is -0.236. The van der Waals surface area contributed by atoms with E-state index in [1.54, 1.807) is 0 Å². The lowest BCUT2D eigenvalue weighted by Crippen LogP contribution is -2.57. The van der Waals surface area contributed by atoms with Gasteiger partial charge in [-0.2, -0.15) is 0 Å². The SMILES string of the molecule is CC(C)OC(=O)C(C[C@H]1O[C@@H]2OC(C)(C)O[C@@H]2[C@H]2OC(C)(C)O[C@H]21)N[C@@H](C)c1ccccc1. The number of carbonyl (C=O) groups is 1. The van der Waals surface area contributed by atoms with E-state index in [0.29, 0.717) is 6.42 Å². The largest absolute Gasteiger partial charge is 0.462 e. The number of hydrogen-bond donors (Lipinski definition) is 1. The second-order valence-electron chi connectivity index (χ2n) is 10.3. The number of fused-ring (bicyclic) bond motifs is 3. The summed E-state index contributed by atoms with van der Waals surface area (Å²) in [4.78, 5) is 13.1. The highest BCUT2D eigenvalue weighted by Gasteiger charge is 2.61. The Balaban J connectivity index is 1.55. The molecule has 0 saturated carbocycles. The summed E-state index contributed by atoms with van der Waals surface area (Å²) in [6.07, 6.45) is -2.10. The van der Waals surface area contributed by atoms with Gasteiger partial charge in [0.15, 0.2) is 17.9 Å². The normalized spacial score (nSPS) is 33.9. The molecule has 0 spiro atoms. The van der Waals surface area contributed by atoms with Gasteiger partial charge in [0.2, 0.25) is 0 Å². The number of ether oxygens (including phenoxy) is 6. The van der Waals surface area contributed by atoms with Crippen LogP contribution in [-0.2, 0) is 33.2 Å². The number of hydrogen-bond acceptors (Lipinski definition) is 8. The maximum absolute atomic E-state index is 13.1. The molecule has 33 heavy (non-hydrogen) atoms. The van der Waals surface area contributed by atoms with Crippen LogP contribution in [0.3, 0.4) is 0 Å². The number of nitrogens with one attached hydrogen (secondary N) is 1. The van der Waals surface area contributed by atoms with Crippen LogP contribution in [0.4, 0.5) is 0 Å². The summed E-state index contributed by atoms with van der Waals surface area (Å²) in [5, 5.41) is 3.44. The van der Waals surface area contributed by atoms with Crippen LogP contribution in [0.5, 0.6) is 0 Å². The standard InChI is InChI=1S/C25H37NO7/c1-14(2)28-22(27)17(26-15(3)16-11-9-8-10-12-16)13-18-19-20(31-24(4,5)30-19)21-23(29-18)33-25(6,7)32-21/h8-12,14-15,17-21,23,26H,13H2,1-7H3/t15-,17?,18+,19-,20-,21+,23+/m0/s1. The number of esters is 1. The van der Waals surface area contributed by atoms with Gasteiger partial charge in [0, 0.05) is 12.5 Å². The fourth-order valence-corrected chi connectivity index (χ4v) is 4.80. The van der Waals surface area contributed by atoms with Crippen LogP contribution in [0.15, 0.2) is 30.3 Å². The van der Waals surface area contributed by atoms with Gasteiger partial charge in [0.25, 0.3) is 0 Å². The van der Waals surface area contributed by atoms with Gasteiger partial charge in [-0.1, -0.05) is 30.3 Å².